The van der Waals surface area contributed by atoms with Crippen LogP contribution >= 0.6 is 0 Å². The third kappa shape index (κ3) is 17.6. The van der Waals surface area contributed by atoms with Gasteiger partial charge in [-0.2, -0.15) is 0 Å². The van der Waals surface area contributed by atoms with Crippen LogP contribution in [0.25, 0.3) is 0 Å². The largest absolute Gasteiger partial charge is 0.507 e. The van der Waals surface area contributed by atoms with Crippen LogP contribution in [0, 0.1) is 0 Å². The molecule has 0 spiro atoms. The quantitative estimate of drug-likeness (QED) is 0.0905. The zero-order valence-electron chi connectivity index (χ0n) is 43.3. The number of aromatic hydroxyl groups is 2. The monoisotopic (exact) mass is 984 g/mol. The van der Waals surface area contributed by atoms with Crippen LogP contribution in [0.5, 0.6) is 11.5 Å². The Hall–Kier alpha value is -4.61. The number of phenolic OH excluding ortho intramolecular Hbond substituents is 2. The van der Waals surface area contributed by atoms with Crippen LogP contribution in [-0.2, 0) is 47.9 Å². The summed E-state index contributed by atoms with van der Waals surface area (Å²) < 4.78 is 10.2. The number of rotatable bonds is 8. The Morgan fingerprint density at radius 2 is 0.870 bits per heavy atom. The van der Waals surface area contributed by atoms with E-state index in [1.807, 2.05) is 67.0 Å². The van der Waals surface area contributed by atoms with E-state index in [0.29, 0.717) is 23.7 Å². The zero-order chi connectivity index (χ0) is 49.9. The molecule has 1 aliphatic carbocycles. The number of benzene rings is 5. The van der Waals surface area contributed by atoms with Gasteiger partial charge in [-0.3, -0.25) is 9.98 Å². The fraction of sp³-hybridized carbons (Fsp3) is 0.467. The van der Waals surface area contributed by atoms with Crippen LogP contribution in [0.3, 0.4) is 0 Å². The summed E-state index contributed by atoms with van der Waals surface area (Å²) in [6, 6.07) is 38.2. The van der Waals surface area contributed by atoms with E-state index in [0.717, 1.165) is 66.7 Å². The Morgan fingerprint density at radius 1 is 0.536 bits per heavy atom. The van der Waals surface area contributed by atoms with Gasteiger partial charge in [0.2, 0.25) is 0 Å². The van der Waals surface area contributed by atoms with Gasteiger partial charge in [0.05, 0.1) is 31.9 Å². The molecule has 2 heterocycles. The van der Waals surface area contributed by atoms with Crippen molar-refractivity contribution in [1.82, 2.24) is 0 Å². The van der Waals surface area contributed by atoms with E-state index in [9.17, 15) is 10.2 Å². The molecular weight excluding hydrogens is 904 g/mol. The van der Waals surface area contributed by atoms with Crippen LogP contribution in [0.4, 0.5) is 0 Å². The van der Waals surface area contributed by atoms with E-state index in [1.54, 1.807) is 12.1 Å². The van der Waals surface area contributed by atoms with Gasteiger partial charge in [-0.15, -0.1) is 0 Å². The number of hydrogen-bond acceptors (Lipinski definition) is 8. The van der Waals surface area contributed by atoms with Gasteiger partial charge in [-0.25, -0.2) is 0 Å². The molecule has 4 N–H and O–H groups in total. The summed E-state index contributed by atoms with van der Waals surface area (Å²) in [5.74, 6) is 0.637. The molecule has 8 nitrogen and oxygen atoms in total. The van der Waals surface area contributed by atoms with E-state index < -0.39 is 6.10 Å². The minimum Gasteiger partial charge on any atom is -0.507 e. The molecule has 69 heavy (non-hydrogen) atoms. The molecule has 2 aliphatic heterocycles. The molecule has 5 aromatic carbocycles. The van der Waals surface area contributed by atoms with Crippen molar-refractivity contribution in [2.75, 3.05) is 19.8 Å². The van der Waals surface area contributed by atoms with E-state index in [2.05, 4.69) is 132 Å². The molecule has 1 saturated carbocycles. The maximum Gasteiger partial charge on any atom is 0.128 e. The first-order chi connectivity index (χ1) is 32.0. The fourth-order valence-corrected chi connectivity index (χ4v) is 7.91. The van der Waals surface area contributed by atoms with Gasteiger partial charge in [0.1, 0.15) is 29.8 Å². The molecular formula is C60H80CoN2O6. The van der Waals surface area contributed by atoms with Gasteiger partial charge in [-0.05, 0) is 74.5 Å². The van der Waals surface area contributed by atoms with Crippen molar-refractivity contribution >= 4 is 12.4 Å². The Balaban J connectivity index is 0.000000281. The minimum absolute atomic E-state index is 0. The first-order valence-corrected chi connectivity index (χ1v) is 24.5. The molecule has 1 unspecified atom stereocenters. The van der Waals surface area contributed by atoms with E-state index in [4.69, 9.17) is 29.7 Å². The fourth-order valence-electron chi connectivity index (χ4n) is 7.91. The van der Waals surface area contributed by atoms with Crippen LogP contribution in [0.2, 0.25) is 0 Å². The van der Waals surface area contributed by atoms with E-state index >= 15 is 0 Å². The topological polar surface area (TPSA) is 131 Å². The average molecular weight is 984 g/mol. The molecule has 2 saturated heterocycles. The van der Waals surface area contributed by atoms with Crippen LogP contribution in [0.1, 0.15) is 177 Å². The van der Waals surface area contributed by atoms with Crippen molar-refractivity contribution < 1.29 is 46.7 Å². The number of aliphatic imine (C=N–C) groups is 2. The minimum atomic E-state index is -0.735. The summed E-state index contributed by atoms with van der Waals surface area (Å²) in [6.45, 7) is 27.6. The van der Waals surface area contributed by atoms with Gasteiger partial charge < -0.3 is 29.9 Å². The predicted octanol–water partition coefficient (Wildman–Crippen LogP) is 13.4. The summed E-state index contributed by atoms with van der Waals surface area (Å²) in [7, 11) is 0. The number of ether oxygens (including phenoxy) is 2. The van der Waals surface area contributed by atoms with Crippen molar-refractivity contribution in [1.29, 1.82) is 0 Å². The molecule has 3 fully saturated rings. The molecule has 0 amide bonds. The van der Waals surface area contributed by atoms with Crippen molar-refractivity contribution in [2.24, 2.45) is 9.98 Å². The standard InChI is InChI=1S/C36H54N2O2.C8H10O2.2C8H8O.Co/c1-33(2,3)25-17-23(31(39)27(19-25)35(7,8)9)21-37-29-15-13-14-16-30(29)38-22-24-18-26(34(4,5)6)20-28(32(24)40)36(10,11)12;9-6-8(10)7-4-2-1-3-5-7;2*1-2-4-7(5-3-1)8-6-9-8;/h17-22,29-30,39-40H,13-16H2,1-12H3;1-5,8-10H,6H2;2*1-5,8H,6H2;/t29-,30-;2*8-;;/m110../s1. The van der Waals surface area contributed by atoms with Gasteiger partial charge in [0.25, 0.3) is 0 Å². The molecule has 375 valence electrons. The van der Waals surface area contributed by atoms with Crippen molar-refractivity contribution in [3.63, 3.8) is 0 Å². The van der Waals surface area contributed by atoms with Crippen LogP contribution in [0.15, 0.2) is 125 Å². The number of hydrogen-bond donors (Lipinski definition) is 4. The second-order valence-electron chi connectivity index (χ2n) is 22.5. The molecule has 1 radical (unpaired) electrons. The molecule has 5 atom stereocenters. The maximum absolute atomic E-state index is 11.2. The van der Waals surface area contributed by atoms with Gasteiger partial charge in [0.15, 0.2) is 0 Å². The van der Waals surface area contributed by atoms with Gasteiger partial charge >= 0.3 is 0 Å². The molecule has 0 bridgehead atoms. The number of epoxide rings is 2. The zero-order valence-corrected chi connectivity index (χ0v) is 44.3. The number of aliphatic hydroxyl groups is 2. The molecule has 5 aromatic rings. The third-order valence-electron chi connectivity index (χ3n) is 12.5. The number of phenols is 2. The Labute approximate surface area is 424 Å². The van der Waals surface area contributed by atoms with Crippen molar-refractivity contribution in [2.45, 2.75) is 161 Å². The predicted molar refractivity (Wildman–Crippen MR) is 281 cm³/mol. The van der Waals surface area contributed by atoms with Crippen molar-refractivity contribution in [3.05, 3.63) is 165 Å². The summed E-state index contributed by atoms with van der Waals surface area (Å²) in [5, 5.41) is 40.1. The van der Waals surface area contributed by atoms with Gasteiger partial charge in [0, 0.05) is 51.5 Å². The van der Waals surface area contributed by atoms with Crippen molar-refractivity contribution in [3.8, 4) is 11.5 Å². The van der Waals surface area contributed by atoms with Crippen LogP contribution < -0.4 is 0 Å². The summed E-state index contributed by atoms with van der Waals surface area (Å²) in [4.78, 5) is 10.1. The van der Waals surface area contributed by atoms with E-state index in [1.165, 1.54) is 22.3 Å². The first-order valence-electron chi connectivity index (χ1n) is 24.5. The molecule has 3 aliphatic rings. The summed E-state index contributed by atoms with van der Waals surface area (Å²) in [6.07, 6.45) is 7.99. The Kier molecular flexibility index (Phi) is 20.6. The summed E-state index contributed by atoms with van der Waals surface area (Å²) in [5.41, 5.74) is 8.76. The molecule has 8 rings (SSSR count). The first kappa shape index (κ1) is 57.0. The second-order valence-corrected chi connectivity index (χ2v) is 22.5. The Bertz CT molecular complexity index is 2240. The summed E-state index contributed by atoms with van der Waals surface area (Å²) >= 11 is 0. The normalized spacial score (nSPS) is 19.4. The maximum atomic E-state index is 11.2. The smallest absolute Gasteiger partial charge is 0.128 e. The van der Waals surface area contributed by atoms with Crippen LogP contribution in [-0.4, -0.2) is 64.8 Å². The Morgan fingerprint density at radius 3 is 1.16 bits per heavy atom. The second kappa shape index (κ2) is 25.0. The average Bonchev–Trinajstić information content (AvgIpc) is 4.24. The van der Waals surface area contributed by atoms with E-state index in [-0.39, 0.29) is 57.1 Å². The molecule has 0 aromatic heterocycles. The molecule has 9 heteroatoms. The number of nitrogens with zero attached hydrogens (tertiary/aromatic N) is 2. The SMILES string of the molecule is CC(C)(C)c1cc(C=N[C@@H]2CCCC[C@H]2N=Cc2cc(C(C)(C)C)cc(C(C)(C)C)c2O)c(O)c(C(C)(C)C)c1.OC[C@@H](O)c1ccccc1.[Co].c1ccc(C2CO2)cc1.c1ccc([C@@H]2CO2)cc1. The van der Waals surface area contributed by atoms with Gasteiger partial charge in [-0.1, -0.05) is 199 Å². The number of aliphatic hydroxyl groups excluding tert-OH is 2. The third-order valence-corrected chi connectivity index (χ3v) is 12.5.